The lowest BCUT2D eigenvalue weighted by atomic mass is 10.3. The highest BCUT2D eigenvalue weighted by Crippen LogP contribution is 2.07. The summed E-state index contributed by atoms with van der Waals surface area (Å²) in [5.74, 6) is -0.0255. The van der Waals surface area contributed by atoms with Crippen molar-refractivity contribution in [1.29, 1.82) is 0 Å². The van der Waals surface area contributed by atoms with Gasteiger partial charge in [-0.05, 0) is 19.1 Å². The third-order valence-electron chi connectivity index (χ3n) is 2.48. The molecule has 0 spiro atoms. The Balaban J connectivity index is 2.01. The first-order valence-corrected chi connectivity index (χ1v) is 6.59. The number of nitrogens with zero attached hydrogens (tertiary/aromatic N) is 2. The Kier molecular flexibility index (Phi) is 4.15. The molecule has 1 atom stereocenters. The number of carbonyl (C=O) groups is 1. The van der Waals surface area contributed by atoms with E-state index >= 15 is 0 Å². The molecule has 0 aliphatic carbocycles. The molecule has 18 heavy (non-hydrogen) atoms. The van der Waals surface area contributed by atoms with Crippen LogP contribution in [0.4, 0.5) is 0 Å². The van der Waals surface area contributed by atoms with Crippen molar-refractivity contribution in [3.8, 4) is 5.69 Å². The number of benzene rings is 1. The molecule has 0 aliphatic heterocycles. The summed E-state index contributed by atoms with van der Waals surface area (Å²) in [7, 11) is 0. The summed E-state index contributed by atoms with van der Waals surface area (Å²) in [5.41, 5.74) is 1.98. The first kappa shape index (κ1) is 12.8. The minimum Gasteiger partial charge on any atom is -0.351 e. The summed E-state index contributed by atoms with van der Waals surface area (Å²) in [4.78, 5) is 11.2. The van der Waals surface area contributed by atoms with Crippen LogP contribution in [0.15, 0.2) is 42.7 Å². The zero-order valence-electron chi connectivity index (χ0n) is 10.0. The van der Waals surface area contributed by atoms with E-state index in [2.05, 4.69) is 26.3 Å². The van der Waals surface area contributed by atoms with Gasteiger partial charge in [0.05, 0.1) is 16.7 Å². The quantitative estimate of drug-likeness (QED) is 0.881. The molecule has 1 heterocycles. The van der Waals surface area contributed by atoms with E-state index in [1.165, 1.54) is 0 Å². The van der Waals surface area contributed by atoms with Crippen LogP contribution in [0, 0.1) is 0 Å². The van der Waals surface area contributed by atoms with Gasteiger partial charge >= 0.3 is 0 Å². The number of alkyl halides is 1. The van der Waals surface area contributed by atoms with Crippen LogP contribution in [0.1, 0.15) is 12.5 Å². The lowest BCUT2D eigenvalue weighted by Crippen LogP contribution is -2.28. The summed E-state index contributed by atoms with van der Waals surface area (Å²) in [6.07, 6.45) is 3.67. The Morgan fingerprint density at radius 3 is 2.83 bits per heavy atom. The molecule has 0 fully saturated rings. The molecule has 1 amide bonds. The van der Waals surface area contributed by atoms with E-state index in [0.717, 1.165) is 11.3 Å². The van der Waals surface area contributed by atoms with Crippen molar-refractivity contribution in [3.63, 3.8) is 0 Å². The maximum absolute atomic E-state index is 11.4. The Hall–Kier alpha value is -1.62. The molecule has 1 aromatic carbocycles. The fourth-order valence-corrected chi connectivity index (χ4v) is 1.66. The highest BCUT2D eigenvalue weighted by molar-refractivity contribution is 9.10. The van der Waals surface area contributed by atoms with Crippen molar-refractivity contribution < 1.29 is 4.79 Å². The van der Waals surface area contributed by atoms with Crippen molar-refractivity contribution in [2.45, 2.75) is 18.3 Å². The number of para-hydroxylation sites is 1. The van der Waals surface area contributed by atoms with E-state index in [9.17, 15) is 4.79 Å². The fourth-order valence-electron chi connectivity index (χ4n) is 1.50. The second kappa shape index (κ2) is 5.82. The summed E-state index contributed by atoms with van der Waals surface area (Å²) < 4.78 is 1.79. The van der Waals surface area contributed by atoms with Crippen molar-refractivity contribution in [2.24, 2.45) is 0 Å². The zero-order chi connectivity index (χ0) is 13.0. The smallest absolute Gasteiger partial charge is 0.233 e. The minimum atomic E-state index is -0.179. The summed E-state index contributed by atoms with van der Waals surface area (Å²) in [6.45, 7) is 2.28. The van der Waals surface area contributed by atoms with E-state index in [0.29, 0.717) is 6.54 Å². The van der Waals surface area contributed by atoms with Crippen LogP contribution in [-0.2, 0) is 11.3 Å². The van der Waals surface area contributed by atoms with Crippen LogP contribution in [-0.4, -0.2) is 20.5 Å². The number of nitrogens with one attached hydrogen (secondary N) is 1. The number of halogens is 1. The average molecular weight is 308 g/mol. The Bertz CT molecular complexity index is 522. The van der Waals surface area contributed by atoms with Crippen molar-refractivity contribution in [2.75, 3.05) is 0 Å². The highest BCUT2D eigenvalue weighted by Gasteiger charge is 2.08. The molecule has 0 bridgehead atoms. The summed E-state index contributed by atoms with van der Waals surface area (Å²) >= 11 is 3.22. The van der Waals surface area contributed by atoms with Crippen LogP contribution in [0.3, 0.4) is 0 Å². The van der Waals surface area contributed by atoms with Gasteiger partial charge in [0.25, 0.3) is 0 Å². The van der Waals surface area contributed by atoms with Crippen molar-refractivity contribution >= 4 is 21.8 Å². The molecule has 0 aliphatic rings. The van der Waals surface area contributed by atoms with Gasteiger partial charge < -0.3 is 5.32 Å². The molecule has 4 nitrogen and oxygen atoms in total. The largest absolute Gasteiger partial charge is 0.351 e. The van der Waals surface area contributed by atoms with Gasteiger partial charge in [-0.1, -0.05) is 34.1 Å². The Morgan fingerprint density at radius 2 is 2.17 bits per heavy atom. The Labute approximate surface area is 114 Å². The molecular formula is C13H14BrN3O. The molecule has 5 heteroatoms. The number of aromatic nitrogens is 2. The lowest BCUT2D eigenvalue weighted by molar-refractivity contribution is -0.120. The van der Waals surface area contributed by atoms with Gasteiger partial charge in [-0.2, -0.15) is 5.10 Å². The minimum absolute atomic E-state index is 0.0255. The number of amides is 1. The normalized spacial score (nSPS) is 12.1. The lowest BCUT2D eigenvalue weighted by Gasteiger charge is -2.04. The van der Waals surface area contributed by atoms with E-state index in [4.69, 9.17) is 0 Å². The molecule has 1 unspecified atom stereocenters. The predicted molar refractivity (Wildman–Crippen MR) is 73.8 cm³/mol. The van der Waals surface area contributed by atoms with Crippen LogP contribution < -0.4 is 5.32 Å². The van der Waals surface area contributed by atoms with E-state index < -0.39 is 0 Å². The zero-order valence-corrected chi connectivity index (χ0v) is 11.6. The van der Waals surface area contributed by atoms with Crippen molar-refractivity contribution in [3.05, 3.63) is 48.3 Å². The van der Waals surface area contributed by atoms with E-state index in [-0.39, 0.29) is 10.7 Å². The number of rotatable bonds is 4. The van der Waals surface area contributed by atoms with Crippen LogP contribution in [0.25, 0.3) is 5.69 Å². The topological polar surface area (TPSA) is 46.9 Å². The molecule has 2 aromatic rings. The van der Waals surface area contributed by atoms with Gasteiger partial charge in [0.1, 0.15) is 0 Å². The molecule has 0 radical (unpaired) electrons. The first-order chi connectivity index (χ1) is 8.66. The SMILES string of the molecule is CC(Br)C(=O)NCc1cnn(-c2ccccc2)c1. The van der Waals surface area contributed by atoms with Crippen molar-refractivity contribution in [1.82, 2.24) is 15.1 Å². The van der Waals surface area contributed by atoms with Crippen LogP contribution in [0.5, 0.6) is 0 Å². The average Bonchev–Trinajstić information content (AvgIpc) is 2.85. The van der Waals surface area contributed by atoms with E-state index in [1.54, 1.807) is 17.8 Å². The maximum atomic E-state index is 11.4. The fraction of sp³-hybridized carbons (Fsp3) is 0.231. The van der Waals surface area contributed by atoms with Gasteiger partial charge in [-0.3, -0.25) is 4.79 Å². The highest BCUT2D eigenvalue weighted by atomic mass is 79.9. The van der Waals surface area contributed by atoms with Crippen LogP contribution in [0.2, 0.25) is 0 Å². The summed E-state index contributed by atoms with van der Waals surface area (Å²) in [5, 5.41) is 7.09. The number of hydrogen-bond donors (Lipinski definition) is 1. The van der Waals surface area contributed by atoms with Gasteiger partial charge in [0.2, 0.25) is 5.91 Å². The monoisotopic (exact) mass is 307 g/mol. The third kappa shape index (κ3) is 3.20. The molecule has 0 saturated carbocycles. The van der Waals surface area contributed by atoms with Gasteiger partial charge in [-0.25, -0.2) is 4.68 Å². The molecule has 0 saturated heterocycles. The van der Waals surface area contributed by atoms with Gasteiger partial charge in [0.15, 0.2) is 0 Å². The summed E-state index contributed by atoms with van der Waals surface area (Å²) in [6, 6.07) is 9.85. The second-order valence-corrected chi connectivity index (χ2v) is 5.34. The molecule has 1 N–H and O–H groups in total. The first-order valence-electron chi connectivity index (χ1n) is 5.67. The van der Waals surface area contributed by atoms with Gasteiger partial charge in [0, 0.05) is 18.3 Å². The third-order valence-corrected chi connectivity index (χ3v) is 2.90. The standard InChI is InChI=1S/C13H14BrN3O/c1-10(14)13(18)15-7-11-8-16-17(9-11)12-5-3-2-4-6-12/h2-6,8-10H,7H2,1H3,(H,15,18). The van der Waals surface area contributed by atoms with Crippen LogP contribution >= 0.6 is 15.9 Å². The molecule has 2 rings (SSSR count). The molecule has 94 valence electrons. The second-order valence-electron chi connectivity index (χ2n) is 3.96. The number of hydrogen-bond acceptors (Lipinski definition) is 2. The number of carbonyl (C=O) groups excluding carboxylic acids is 1. The predicted octanol–water partition coefficient (Wildman–Crippen LogP) is 2.27. The van der Waals surface area contributed by atoms with E-state index in [1.807, 2.05) is 36.5 Å². The molecule has 1 aromatic heterocycles. The Morgan fingerprint density at radius 1 is 1.44 bits per heavy atom. The maximum Gasteiger partial charge on any atom is 0.233 e. The molecular weight excluding hydrogens is 294 g/mol. The van der Waals surface area contributed by atoms with Gasteiger partial charge in [-0.15, -0.1) is 0 Å².